The average Bonchev–Trinajstić information content (AvgIpc) is 2.75. The lowest BCUT2D eigenvalue weighted by Gasteiger charge is -2.11. The molecule has 2 heteroatoms. The molecule has 0 atom stereocenters. The molecule has 0 unspecified atom stereocenters. The standard InChI is InChI=1S/C17H12N2/c18-14-9-15(19)17-13-8-4-2-6-11(13)10-5-1-3-7-12(10)16(14)17/h1-8,18-19H,9H2. The maximum atomic E-state index is 8.18. The van der Waals surface area contributed by atoms with Gasteiger partial charge in [0.15, 0.2) is 0 Å². The molecule has 0 radical (unpaired) electrons. The molecule has 0 amide bonds. The summed E-state index contributed by atoms with van der Waals surface area (Å²) in [5.74, 6) is 0. The fraction of sp³-hybridized carbons (Fsp3) is 0.0588. The van der Waals surface area contributed by atoms with Crippen molar-refractivity contribution in [2.45, 2.75) is 6.42 Å². The summed E-state index contributed by atoms with van der Waals surface area (Å²) in [6.45, 7) is 0. The Morgan fingerprint density at radius 3 is 1.37 bits per heavy atom. The van der Waals surface area contributed by atoms with Gasteiger partial charge in [-0.1, -0.05) is 48.5 Å². The molecule has 90 valence electrons. The van der Waals surface area contributed by atoms with Gasteiger partial charge in [-0.15, -0.1) is 0 Å². The van der Waals surface area contributed by atoms with E-state index in [-0.39, 0.29) is 0 Å². The third-order valence-electron chi connectivity index (χ3n) is 3.89. The van der Waals surface area contributed by atoms with Crippen molar-refractivity contribution in [2.75, 3.05) is 0 Å². The second kappa shape index (κ2) is 3.51. The lowest BCUT2D eigenvalue weighted by molar-refractivity contribution is 1.40. The molecular weight excluding hydrogens is 232 g/mol. The molecule has 1 aliphatic rings. The molecular formula is C17H12N2. The summed E-state index contributed by atoms with van der Waals surface area (Å²) in [4.78, 5) is 0. The number of hydrogen-bond acceptors (Lipinski definition) is 2. The molecule has 0 aliphatic heterocycles. The van der Waals surface area contributed by atoms with Crippen molar-refractivity contribution in [3.63, 3.8) is 0 Å². The van der Waals surface area contributed by atoms with Crippen LogP contribution < -0.4 is 0 Å². The van der Waals surface area contributed by atoms with Crippen LogP contribution in [0.15, 0.2) is 48.5 Å². The van der Waals surface area contributed by atoms with Gasteiger partial charge in [0.2, 0.25) is 0 Å². The topological polar surface area (TPSA) is 47.7 Å². The van der Waals surface area contributed by atoms with Crippen molar-refractivity contribution in [1.82, 2.24) is 0 Å². The van der Waals surface area contributed by atoms with Crippen LogP contribution in [-0.2, 0) is 0 Å². The van der Waals surface area contributed by atoms with E-state index in [0.717, 1.165) is 21.9 Å². The molecule has 1 aliphatic carbocycles. The van der Waals surface area contributed by atoms with E-state index in [1.165, 1.54) is 10.8 Å². The zero-order chi connectivity index (χ0) is 13.0. The van der Waals surface area contributed by atoms with E-state index in [9.17, 15) is 0 Å². The SMILES string of the molecule is N=C1CC(=N)c2c1c1ccccc1c1ccccc21. The molecule has 0 spiro atoms. The van der Waals surface area contributed by atoms with Gasteiger partial charge in [-0.05, 0) is 21.5 Å². The lowest BCUT2D eigenvalue weighted by atomic mass is 9.92. The summed E-state index contributed by atoms with van der Waals surface area (Å²) in [6.07, 6.45) is 0.452. The second-order valence-electron chi connectivity index (χ2n) is 4.98. The number of hydrogen-bond donors (Lipinski definition) is 2. The fourth-order valence-corrected chi connectivity index (χ4v) is 3.12. The van der Waals surface area contributed by atoms with E-state index < -0.39 is 0 Å². The van der Waals surface area contributed by atoms with Crippen LogP contribution >= 0.6 is 0 Å². The summed E-state index contributed by atoms with van der Waals surface area (Å²) in [7, 11) is 0. The number of benzene rings is 3. The number of rotatable bonds is 0. The van der Waals surface area contributed by atoms with Crippen LogP contribution in [0.25, 0.3) is 21.5 Å². The first-order chi connectivity index (χ1) is 9.27. The van der Waals surface area contributed by atoms with E-state index in [1.807, 2.05) is 24.3 Å². The van der Waals surface area contributed by atoms with Crippen LogP contribution in [0.2, 0.25) is 0 Å². The Hall–Kier alpha value is -2.48. The van der Waals surface area contributed by atoms with Gasteiger partial charge >= 0.3 is 0 Å². The minimum atomic E-state index is 0.452. The highest BCUT2D eigenvalue weighted by Gasteiger charge is 2.26. The van der Waals surface area contributed by atoms with E-state index in [1.54, 1.807) is 0 Å². The predicted octanol–water partition coefficient (Wildman–Crippen LogP) is 4.13. The molecule has 3 aromatic rings. The summed E-state index contributed by atoms with van der Waals surface area (Å²) >= 11 is 0. The smallest absolute Gasteiger partial charge is 0.0458 e. The molecule has 2 nitrogen and oxygen atoms in total. The molecule has 0 aromatic heterocycles. The number of fused-ring (bicyclic) bond motifs is 6. The lowest BCUT2D eigenvalue weighted by Crippen LogP contribution is -1.95. The van der Waals surface area contributed by atoms with Gasteiger partial charge in [-0.3, -0.25) is 0 Å². The molecule has 0 fully saturated rings. The van der Waals surface area contributed by atoms with Crippen molar-refractivity contribution in [1.29, 1.82) is 10.8 Å². The monoisotopic (exact) mass is 244 g/mol. The normalized spacial score (nSPS) is 14.3. The molecule has 0 bridgehead atoms. The molecule has 4 rings (SSSR count). The van der Waals surface area contributed by atoms with Crippen LogP contribution in [0.5, 0.6) is 0 Å². The second-order valence-corrected chi connectivity index (χ2v) is 4.98. The third-order valence-corrected chi connectivity index (χ3v) is 3.89. The zero-order valence-electron chi connectivity index (χ0n) is 10.3. The maximum Gasteiger partial charge on any atom is 0.0458 e. The minimum Gasteiger partial charge on any atom is -0.304 e. The van der Waals surface area contributed by atoms with E-state index in [4.69, 9.17) is 10.8 Å². The summed E-state index contributed by atoms with van der Waals surface area (Å²) in [5.41, 5.74) is 3.06. The number of nitrogens with one attached hydrogen (secondary N) is 2. The van der Waals surface area contributed by atoms with Crippen LogP contribution in [0, 0.1) is 10.8 Å². The van der Waals surface area contributed by atoms with Crippen LogP contribution in [0.1, 0.15) is 17.5 Å². The van der Waals surface area contributed by atoms with Crippen molar-refractivity contribution in [3.05, 3.63) is 59.7 Å². The third kappa shape index (κ3) is 1.26. The molecule has 3 aromatic carbocycles. The Bertz CT molecular complexity index is 802. The highest BCUT2D eigenvalue weighted by atomic mass is 14.5. The maximum absolute atomic E-state index is 8.18. The molecule has 0 heterocycles. The van der Waals surface area contributed by atoms with Crippen molar-refractivity contribution >= 4 is 33.0 Å². The van der Waals surface area contributed by atoms with Gasteiger partial charge in [0, 0.05) is 29.0 Å². The van der Waals surface area contributed by atoms with Gasteiger partial charge in [-0.25, -0.2) is 0 Å². The first-order valence-electron chi connectivity index (χ1n) is 6.36. The Kier molecular flexibility index (Phi) is 1.93. The Labute approximate surface area is 110 Å². The molecule has 2 N–H and O–H groups in total. The molecule has 0 saturated heterocycles. The zero-order valence-corrected chi connectivity index (χ0v) is 10.3. The van der Waals surface area contributed by atoms with Gasteiger partial charge < -0.3 is 10.8 Å². The Balaban J connectivity index is 2.38. The van der Waals surface area contributed by atoms with Crippen LogP contribution in [0.3, 0.4) is 0 Å². The Morgan fingerprint density at radius 1 is 0.579 bits per heavy atom. The van der Waals surface area contributed by atoms with Crippen LogP contribution in [0.4, 0.5) is 0 Å². The van der Waals surface area contributed by atoms with Gasteiger partial charge in [0.25, 0.3) is 0 Å². The van der Waals surface area contributed by atoms with Gasteiger partial charge in [0.1, 0.15) is 0 Å². The summed E-state index contributed by atoms with van der Waals surface area (Å²) in [6, 6.07) is 16.4. The van der Waals surface area contributed by atoms with Gasteiger partial charge in [0.05, 0.1) is 0 Å². The largest absolute Gasteiger partial charge is 0.304 e. The fourth-order valence-electron chi connectivity index (χ4n) is 3.12. The van der Waals surface area contributed by atoms with Gasteiger partial charge in [-0.2, -0.15) is 0 Å². The molecule has 19 heavy (non-hydrogen) atoms. The van der Waals surface area contributed by atoms with Crippen LogP contribution in [-0.4, -0.2) is 11.4 Å². The highest BCUT2D eigenvalue weighted by molar-refractivity contribution is 6.36. The van der Waals surface area contributed by atoms with E-state index >= 15 is 0 Å². The van der Waals surface area contributed by atoms with E-state index in [2.05, 4.69) is 24.3 Å². The quantitative estimate of drug-likeness (QED) is 0.558. The van der Waals surface area contributed by atoms with Crippen molar-refractivity contribution < 1.29 is 0 Å². The summed E-state index contributed by atoms with van der Waals surface area (Å²) in [5, 5.41) is 20.9. The molecule has 0 saturated carbocycles. The minimum absolute atomic E-state index is 0.452. The first-order valence-corrected chi connectivity index (χ1v) is 6.36. The van der Waals surface area contributed by atoms with Crippen molar-refractivity contribution in [2.24, 2.45) is 0 Å². The van der Waals surface area contributed by atoms with Crippen molar-refractivity contribution in [3.8, 4) is 0 Å². The highest BCUT2D eigenvalue weighted by Crippen LogP contribution is 2.37. The summed E-state index contributed by atoms with van der Waals surface area (Å²) < 4.78 is 0. The average molecular weight is 244 g/mol. The first kappa shape index (κ1) is 10.4. The predicted molar refractivity (Wildman–Crippen MR) is 79.7 cm³/mol. The van der Waals surface area contributed by atoms with E-state index in [0.29, 0.717) is 17.8 Å². The Morgan fingerprint density at radius 2 is 0.947 bits per heavy atom.